The number of halogens is 2. The minimum Gasteiger partial charge on any atom is -0.439 e. The number of primary amides is 1. The number of benzene rings is 2. The maximum absolute atomic E-state index is 14.4. The zero-order valence-electron chi connectivity index (χ0n) is 24.8. The van der Waals surface area contributed by atoms with Crippen LogP contribution in [-0.4, -0.2) is 67.1 Å². The number of carbonyl (C=O) groups excluding carboxylic acids is 2. The summed E-state index contributed by atoms with van der Waals surface area (Å²) in [5.74, 6) is -2.27. The van der Waals surface area contributed by atoms with Crippen LogP contribution in [0.3, 0.4) is 0 Å². The number of amides is 3. The van der Waals surface area contributed by atoms with Crippen LogP contribution < -0.4 is 15.8 Å². The van der Waals surface area contributed by atoms with Gasteiger partial charge in [-0.15, -0.1) is 0 Å². The number of ether oxygens (including phenoxy) is 1. The second-order valence-electron chi connectivity index (χ2n) is 10.9. The van der Waals surface area contributed by atoms with Crippen molar-refractivity contribution in [2.75, 3.05) is 31.2 Å². The number of likely N-dealkylation sites (tertiary alicyclic amines) is 1. The number of unbranched alkanes of at least 4 members (excludes halogenated alkanes) is 2. The van der Waals surface area contributed by atoms with Gasteiger partial charge >= 0.3 is 6.03 Å². The zero-order chi connectivity index (χ0) is 31.9. The Kier molecular flexibility index (Phi) is 10.9. The maximum Gasteiger partial charge on any atom is 0.322 e. The minimum atomic E-state index is -3.29. The number of urea groups is 1. The van der Waals surface area contributed by atoms with Crippen LogP contribution in [0, 0.1) is 11.6 Å². The number of nitrogens with one attached hydrogen (secondary N) is 1. The van der Waals surface area contributed by atoms with Crippen molar-refractivity contribution in [3.05, 3.63) is 77.5 Å². The third kappa shape index (κ3) is 8.73. The summed E-state index contributed by atoms with van der Waals surface area (Å²) in [5, 5.41) is 2.52. The van der Waals surface area contributed by atoms with Gasteiger partial charge in [0, 0.05) is 56.8 Å². The Morgan fingerprint density at radius 1 is 1.07 bits per heavy atom. The summed E-state index contributed by atoms with van der Waals surface area (Å²) in [5.41, 5.74) is 5.38. The van der Waals surface area contributed by atoms with Crippen molar-refractivity contribution >= 4 is 27.5 Å². The number of rotatable bonds is 12. The van der Waals surface area contributed by atoms with Crippen molar-refractivity contribution in [2.45, 2.75) is 56.5 Å². The highest BCUT2D eigenvalue weighted by molar-refractivity contribution is 7.90. The van der Waals surface area contributed by atoms with Gasteiger partial charge in [-0.2, -0.15) is 0 Å². The molecule has 3 amide bonds. The molecule has 3 aromatic rings. The molecule has 0 unspecified atom stereocenters. The fourth-order valence-electron chi connectivity index (χ4n) is 5.09. The second-order valence-corrected chi connectivity index (χ2v) is 12.9. The number of anilines is 1. The summed E-state index contributed by atoms with van der Waals surface area (Å²) >= 11 is 0. The largest absolute Gasteiger partial charge is 0.439 e. The van der Waals surface area contributed by atoms with Gasteiger partial charge in [0.25, 0.3) is 5.91 Å². The predicted molar refractivity (Wildman–Crippen MR) is 162 cm³/mol. The van der Waals surface area contributed by atoms with E-state index in [-0.39, 0.29) is 16.6 Å². The fourth-order valence-corrected chi connectivity index (χ4v) is 5.72. The molecule has 44 heavy (non-hydrogen) atoms. The minimum absolute atomic E-state index is 0.0785. The lowest BCUT2D eigenvalue weighted by Gasteiger charge is -2.38. The summed E-state index contributed by atoms with van der Waals surface area (Å²) in [4.78, 5) is 33.4. The van der Waals surface area contributed by atoms with Crippen LogP contribution in [0.25, 0.3) is 0 Å². The van der Waals surface area contributed by atoms with Gasteiger partial charge in [-0.25, -0.2) is 27.0 Å². The molecule has 0 aliphatic carbocycles. The van der Waals surface area contributed by atoms with Gasteiger partial charge in [0.05, 0.1) is 16.1 Å². The number of aromatic nitrogens is 1. The molecule has 2 heterocycles. The molecule has 0 bridgehead atoms. The van der Waals surface area contributed by atoms with E-state index in [1.54, 1.807) is 29.3 Å². The van der Waals surface area contributed by atoms with E-state index in [4.69, 9.17) is 10.5 Å². The van der Waals surface area contributed by atoms with Crippen LogP contribution in [0.4, 0.5) is 19.3 Å². The number of nitrogens with two attached hydrogens (primary N) is 1. The Morgan fingerprint density at radius 2 is 1.77 bits per heavy atom. The third-order valence-electron chi connectivity index (χ3n) is 7.50. The number of piperidine rings is 1. The second kappa shape index (κ2) is 14.6. The lowest BCUT2D eigenvalue weighted by atomic mass is 10.0. The van der Waals surface area contributed by atoms with Gasteiger partial charge in [0.2, 0.25) is 5.88 Å². The van der Waals surface area contributed by atoms with E-state index in [2.05, 4.69) is 22.1 Å². The molecule has 0 spiro atoms. The summed E-state index contributed by atoms with van der Waals surface area (Å²) in [6.45, 7) is 4.65. The number of nitrogens with zero attached hydrogens (tertiary/aromatic N) is 3. The molecule has 1 aromatic heterocycles. The molecule has 3 N–H and O–H groups in total. The van der Waals surface area contributed by atoms with Gasteiger partial charge in [-0.1, -0.05) is 25.8 Å². The van der Waals surface area contributed by atoms with E-state index in [0.717, 1.165) is 50.2 Å². The molecule has 236 valence electrons. The number of pyridine rings is 1. The van der Waals surface area contributed by atoms with Crippen molar-refractivity contribution < 1.29 is 31.5 Å². The monoisotopic (exact) mass is 629 g/mol. The highest BCUT2D eigenvalue weighted by Gasteiger charge is 2.29. The van der Waals surface area contributed by atoms with Gasteiger partial charge in [-0.3, -0.25) is 9.69 Å². The van der Waals surface area contributed by atoms with Crippen molar-refractivity contribution in [1.29, 1.82) is 0 Å². The lowest BCUT2D eigenvalue weighted by molar-refractivity contribution is 0.0996. The summed E-state index contributed by atoms with van der Waals surface area (Å²) in [6, 6.07) is 10.7. The van der Waals surface area contributed by atoms with Crippen LogP contribution in [0.5, 0.6) is 11.6 Å². The van der Waals surface area contributed by atoms with E-state index in [9.17, 15) is 26.8 Å². The Morgan fingerprint density at radius 3 is 2.36 bits per heavy atom. The third-order valence-corrected chi connectivity index (χ3v) is 8.63. The molecule has 1 fully saturated rings. The van der Waals surface area contributed by atoms with Gasteiger partial charge in [0.15, 0.2) is 9.84 Å². The molecule has 4 rings (SSSR count). The Hall–Kier alpha value is -4.10. The van der Waals surface area contributed by atoms with Crippen molar-refractivity contribution in [1.82, 2.24) is 14.8 Å². The topological polar surface area (TPSA) is 135 Å². The lowest BCUT2D eigenvalue weighted by Crippen LogP contribution is -2.49. The van der Waals surface area contributed by atoms with E-state index in [1.807, 2.05) is 6.07 Å². The number of hydrogen-bond donors (Lipinski definition) is 2. The van der Waals surface area contributed by atoms with Gasteiger partial charge in [-0.05, 0) is 55.2 Å². The molecule has 0 saturated carbocycles. The fraction of sp³-hybridized carbons (Fsp3) is 0.387. The van der Waals surface area contributed by atoms with E-state index in [1.165, 1.54) is 12.1 Å². The molecular formula is C31H37F2N5O5S. The van der Waals surface area contributed by atoms with Gasteiger partial charge < -0.3 is 20.7 Å². The predicted octanol–water partition coefficient (Wildman–Crippen LogP) is 5.34. The highest BCUT2D eigenvalue weighted by Crippen LogP contribution is 2.25. The van der Waals surface area contributed by atoms with Crippen molar-refractivity contribution in [2.24, 2.45) is 5.73 Å². The van der Waals surface area contributed by atoms with E-state index in [0.29, 0.717) is 43.6 Å². The van der Waals surface area contributed by atoms with Crippen LogP contribution in [0.15, 0.2) is 59.6 Å². The first kappa shape index (κ1) is 32.8. The number of sulfone groups is 1. The summed E-state index contributed by atoms with van der Waals surface area (Å²) < 4.78 is 57.4. The van der Waals surface area contributed by atoms with Crippen LogP contribution in [-0.2, 0) is 16.4 Å². The summed E-state index contributed by atoms with van der Waals surface area (Å²) in [7, 11) is -3.29. The Labute approximate surface area is 256 Å². The Bertz CT molecular complexity index is 1560. The first-order chi connectivity index (χ1) is 20.9. The standard InChI is InChI=1S/C31H37F2N5O5S/c1-3-4-5-14-38(31(40)36-28-17-25(30(34)39)26(32)18-27(28)33)22-12-15-37(16-13-22)20-21-6-11-29(35-19-21)43-23-7-9-24(10-8-23)44(2,41)42/h6-11,17-19,22H,3-5,12-16,20H2,1-2H3,(H2,34,39)(H,36,40). The first-order valence-corrected chi connectivity index (χ1v) is 16.4. The molecule has 1 aliphatic heterocycles. The zero-order valence-corrected chi connectivity index (χ0v) is 25.6. The number of carbonyl (C=O) groups is 2. The number of hydrogen-bond acceptors (Lipinski definition) is 7. The van der Waals surface area contributed by atoms with Gasteiger partial charge in [0.1, 0.15) is 17.4 Å². The average molecular weight is 630 g/mol. The Balaban J connectivity index is 1.34. The molecular weight excluding hydrogens is 592 g/mol. The molecule has 10 nitrogen and oxygen atoms in total. The first-order valence-electron chi connectivity index (χ1n) is 14.5. The molecule has 2 aromatic carbocycles. The smallest absolute Gasteiger partial charge is 0.322 e. The van der Waals surface area contributed by atoms with Crippen molar-refractivity contribution in [3.8, 4) is 11.6 Å². The molecule has 13 heteroatoms. The van der Waals surface area contributed by atoms with Crippen molar-refractivity contribution in [3.63, 3.8) is 0 Å². The van der Waals surface area contributed by atoms with E-state index >= 15 is 0 Å². The van der Waals surface area contributed by atoms with Crippen LogP contribution >= 0.6 is 0 Å². The average Bonchev–Trinajstić information content (AvgIpc) is 2.98. The highest BCUT2D eigenvalue weighted by atomic mass is 32.2. The normalized spacial score (nSPS) is 14.3. The summed E-state index contributed by atoms with van der Waals surface area (Å²) in [6.07, 6.45) is 6.96. The van der Waals surface area contributed by atoms with Crippen LogP contribution in [0.1, 0.15) is 54.9 Å². The van der Waals surface area contributed by atoms with E-state index < -0.39 is 39.0 Å². The molecule has 0 atom stereocenters. The molecule has 1 aliphatic rings. The molecule has 1 saturated heterocycles. The maximum atomic E-state index is 14.4. The molecule has 0 radical (unpaired) electrons. The van der Waals surface area contributed by atoms with Crippen LogP contribution in [0.2, 0.25) is 0 Å². The quantitative estimate of drug-likeness (QED) is 0.258. The SMILES string of the molecule is CCCCCN(C(=O)Nc1cc(C(N)=O)c(F)cc1F)C1CCN(Cc2ccc(Oc3ccc(S(C)(=O)=O)cc3)nc2)CC1.